The highest BCUT2D eigenvalue weighted by atomic mass is 35.5. The molecule has 1 spiro atoms. The van der Waals surface area contributed by atoms with E-state index in [1.54, 1.807) is 11.1 Å². The molecule has 1 heteroatoms. The smallest absolute Gasteiger partial charge is 0.0408 e. The molecule has 0 saturated heterocycles. The summed E-state index contributed by atoms with van der Waals surface area (Å²) in [6, 6.07) is 6.50. The molecule has 2 atom stereocenters. The SMILES string of the molecule is Clc1ccc2c(c1)CCC1(CC3=CCC1C3)C2. The fourth-order valence-corrected chi connectivity index (χ4v) is 4.54. The van der Waals surface area contributed by atoms with Crippen LogP contribution >= 0.6 is 11.6 Å². The van der Waals surface area contributed by atoms with Crippen molar-refractivity contribution in [3.8, 4) is 0 Å². The minimum atomic E-state index is 0.616. The van der Waals surface area contributed by atoms with Crippen LogP contribution in [0.2, 0.25) is 5.02 Å². The summed E-state index contributed by atoms with van der Waals surface area (Å²) >= 11 is 6.08. The highest BCUT2D eigenvalue weighted by molar-refractivity contribution is 6.30. The lowest BCUT2D eigenvalue weighted by Crippen LogP contribution is -2.33. The lowest BCUT2D eigenvalue weighted by atomic mass is 9.64. The van der Waals surface area contributed by atoms with Gasteiger partial charge in [-0.1, -0.05) is 29.3 Å². The number of aryl methyl sites for hydroxylation is 1. The molecule has 0 aromatic heterocycles. The van der Waals surface area contributed by atoms with Gasteiger partial charge in [0, 0.05) is 5.02 Å². The summed E-state index contributed by atoms with van der Waals surface area (Å²) in [6.45, 7) is 0. The zero-order valence-corrected chi connectivity index (χ0v) is 10.8. The molecule has 0 nitrogen and oxygen atoms in total. The minimum absolute atomic E-state index is 0.616. The highest BCUT2D eigenvalue weighted by Crippen LogP contribution is 2.58. The Kier molecular flexibility index (Phi) is 2.03. The molecule has 0 aliphatic heterocycles. The number of rotatable bonds is 0. The van der Waals surface area contributed by atoms with Gasteiger partial charge in [0.15, 0.2) is 0 Å². The number of fused-ring (bicyclic) bond motifs is 4. The molecule has 0 N–H and O–H groups in total. The first-order valence-electron chi connectivity index (χ1n) is 6.70. The van der Waals surface area contributed by atoms with E-state index in [4.69, 9.17) is 11.6 Å². The van der Waals surface area contributed by atoms with E-state index in [9.17, 15) is 0 Å². The summed E-state index contributed by atoms with van der Waals surface area (Å²) < 4.78 is 0. The predicted octanol–water partition coefficient (Wildman–Crippen LogP) is 4.56. The van der Waals surface area contributed by atoms with Gasteiger partial charge in [0.05, 0.1) is 0 Å². The standard InChI is InChI=1S/C16H17Cl/c17-15-4-2-13-10-16(6-5-12(13)8-15)9-11-1-3-14(16)7-11/h1-2,4,8,14H,3,5-7,9-10H2. The first kappa shape index (κ1) is 10.2. The van der Waals surface area contributed by atoms with Gasteiger partial charge in [0.1, 0.15) is 0 Å². The third-order valence-electron chi connectivity index (χ3n) is 5.25. The van der Waals surface area contributed by atoms with Crippen molar-refractivity contribution in [2.45, 2.75) is 38.5 Å². The van der Waals surface area contributed by atoms with E-state index in [1.807, 2.05) is 0 Å². The summed E-state index contributed by atoms with van der Waals surface area (Å²) in [7, 11) is 0. The van der Waals surface area contributed by atoms with Gasteiger partial charge in [-0.25, -0.2) is 0 Å². The van der Waals surface area contributed by atoms with Gasteiger partial charge in [0.2, 0.25) is 0 Å². The molecular formula is C16H17Cl. The Labute approximate surface area is 108 Å². The molecule has 17 heavy (non-hydrogen) atoms. The lowest BCUT2D eigenvalue weighted by Gasteiger charge is -2.40. The van der Waals surface area contributed by atoms with Gasteiger partial charge in [-0.15, -0.1) is 0 Å². The van der Waals surface area contributed by atoms with Crippen molar-refractivity contribution in [3.63, 3.8) is 0 Å². The van der Waals surface area contributed by atoms with Crippen molar-refractivity contribution < 1.29 is 0 Å². The Morgan fingerprint density at radius 2 is 2.12 bits per heavy atom. The highest BCUT2D eigenvalue weighted by Gasteiger charge is 2.48. The number of halogens is 1. The second kappa shape index (κ2) is 3.38. The maximum atomic E-state index is 6.08. The maximum absolute atomic E-state index is 6.08. The number of hydrogen-bond donors (Lipinski definition) is 0. The summed E-state index contributed by atoms with van der Waals surface area (Å²) in [5.74, 6) is 0.946. The fraction of sp³-hybridized carbons (Fsp3) is 0.500. The monoisotopic (exact) mass is 244 g/mol. The normalized spacial score (nSPS) is 33.9. The van der Waals surface area contributed by atoms with Crippen LogP contribution in [0.3, 0.4) is 0 Å². The van der Waals surface area contributed by atoms with Crippen molar-refractivity contribution in [2.24, 2.45) is 11.3 Å². The number of allylic oxidation sites excluding steroid dienone is 2. The van der Waals surface area contributed by atoms with Gasteiger partial charge in [0.25, 0.3) is 0 Å². The predicted molar refractivity (Wildman–Crippen MR) is 71.3 cm³/mol. The molecule has 0 heterocycles. The summed E-state index contributed by atoms with van der Waals surface area (Å²) in [5.41, 5.74) is 5.42. The zero-order chi connectivity index (χ0) is 11.5. The molecule has 4 rings (SSSR count). The molecule has 1 fully saturated rings. The van der Waals surface area contributed by atoms with Gasteiger partial charge >= 0.3 is 0 Å². The molecule has 2 bridgehead atoms. The van der Waals surface area contributed by atoms with E-state index in [-0.39, 0.29) is 0 Å². The van der Waals surface area contributed by atoms with Crippen molar-refractivity contribution in [1.29, 1.82) is 0 Å². The Morgan fingerprint density at radius 3 is 2.88 bits per heavy atom. The molecule has 2 unspecified atom stereocenters. The Balaban J connectivity index is 1.72. The Morgan fingerprint density at radius 1 is 1.18 bits per heavy atom. The van der Waals surface area contributed by atoms with Crippen LogP contribution < -0.4 is 0 Å². The molecule has 3 aliphatic rings. The molecule has 88 valence electrons. The van der Waals surface area contributed by atoms with Crippen LogP contribution in [0.15, 0.2) is 29.8 Å². The van der Waals surface area contributed by atoms with Crippen molar-refractivity contribution in [2.75, 3.05) is 0 Å². The van der Waals surface area contributed by atoms with Crippen LogP contribution in [-0.4, -0.2) is 0 Å². The van der Waals surface area contributed by atoms with E-state index < -0.39 is 0 Å². The zero-order valence-electron chi connectivity index (χ0n) is 10.0. The quantitative estimate of drug-likeness (QED) is 0.587. The second-order valence-corrected chi connectivity index (χ2v) is 6.56. The van der Waals surface area contributed by atoms with Gasteiger partial charge in [-0.05, 0) is 73.1 Å². The number of benzene rings is 1. The van der Waals surface area contributed by atoms with Crippen molar-refractivity contribution in [1.82, 2.24) is 0 Å². The molecule has 3 aliphatic carbocycles. The van der Waals surface area contributed by atoms with Crippen molar-refractivity contribution in [3.05, 3.63) is 46.0 Å². The van der Waals surface area contributed by atoms with Crippen LogP contribution in [-0.2, 0) is 12.8 Å². The Hall–Kier alpha value is -0.750. The fourth-order valence-electron chi connectivity index (χ4n) is 4.35. The lowest BCUT2D eigenvalue weighted by molar-refractivity contribution is 0.168. The summed E-state index contributed by atoms with van der Waals surface area (Å²) in [4.78, 5) is 0. The van der Waals surface area contributed by atoms with Crippen LogP contribution in [0.4, 0.5) is 0 Å². The van der Waals surface area contributed by atoms with Crippen LogP contribution in [0.25, 0.3) is 0 Å². The average Bonchev–Trinajstić information content (AvgIpc) is 2.90. The Bertz CT molecular complexity index is 514. The van der Waals surface area contributed by atoms with E-state index in [0.29, 0.717) is 5.41 Å². The van der Waals surface area contributed by atoms with Crippen LogP contribution in [0, 0.1) is 11.3 Å². The van der Waals surface area contributed by atoms with Crippen LogP contribution in [0.1, 0.15) is 36.8 Å². The third-order valence-corrected chi connectivity index (χ3v) is 5.48. The van der Waals surface area contributed by atoms with E-state index in [0.717, 1.165) is 10.9 Å². The average molecular weight is 245 g/mol. The summed E-state index contributed by atoms with van der Waals surface area (Å²) in [6.07, 6.45) is 10.5. The molecule has 1 aromatic carbocycles. The largest absolute Gasteiger partial charge is 0.0850 e. The summed E-state index contributed by atoms with van der Waals surface area (Å²) in [5, 5.41) is 0.898. The molecular weight excluding hydrogens is 228 g/mol. The minimum Gasteiger partial charge on any atom is -0.0850 e. The first-order chi connectivity index (χ1) is 8.25. The molecule has 0 amide bonds. The van der Waals surface area contributed by atoms with E-state index >= 15 is 0 Å². The van der Waals surface area contributed by atoms with Crippen LogP contribution in [0.5, 0.6) is 0 Å². The topological polar surface area (TPSA) is 0 Å². The molecule has 1 aromatic rings. The third kappa shape index (κ3) is 1.43. The van der Waals surface area contributed by atoms with E-state index in [1.165, 1.54) is 44.1 Å². The maximum Gasteiger partial charge on any atom is 0.0408 e. The van der Waals surface area contributed by atoms with Gasteiger partial charge in [-0.2, -0.15) is 0 Å². The van der Waals surface area contributed by atoms with Crippen molar-refractivity contribution >= 4 is 11.6 Å². The van der Waals surface area contributed by atoms with E-state index in [2.05, 4.69) is 24.3 Å². The van der Waals surface area contributed by atoms with Gasteiger partial charge in [-0.3, -0.25) is 0 Å². The van der Waals surface area contributed by atoms with Gasteiger partial charge < -0.3 is 0 Å². The molecule has 0 radical (unpaired) electrons. The number of hydrogen-bond acceptors (Lipinski definition) is 0. The second-order valence-electron chi connectivity index (χ2n) is 6.13. The first-order valence-corrected chi connectivity index (χ1v) is 7.08. The molecule has 1 saturated carbocycles.